The highest BCUT2D eigenvalue weighted by molar-refractivity contribution is 7.92. The number of nitrogens with zero attached hydrogens (tertiary/aromatic N) is 1. The Labute approximate surface area is 229 Å². The van der Waals surface area contributed by atoms with Gasteiger partial charge in [0.1, 0.15) is 17.2 Å². The second-order valence-electron chi connectivity index (χ2n) is 8.13. The molecular weight excluding hydrogens is 544 g/mol. The fraction of sp³-hybridized carbons (Fsp3) is 0.185. The maximum atomic E-state index is 13.8. The summed E-state index contributed by atoms with van der Waals surface area (Å²) in [5.74, 6) is 0.106. The summed E-state index contributed by atoms with van der Waals surface area (Å²) in [5, 5.41) is 3.49. The van der Waals surface area contributed by atoms with Crippen LogP contribution < -0.4 is 23.8 Å². The van der Waals surface area contributed by atoms with E-state index in [0.717, 1.165) is 14.4 Å². The quantitative estimate of drug-likeness (QED) is 0.276. The number of hydrogen-bond donors (Lipinski definition) is 1. The number of ether oxygens (including phenoxy) is 4. The average Bonchev–Trinajstić information content (AvgIpc) is 3.38. The molecule has 1 aromatic heterocycles. The Morgan fingerprint density at radius 1 is 0.846 bits per heavy atom. The number of methoxy groups -OCH3 is 4. The highest BCUT2D eigenvalue weighted by Gasteiger charge is 2.28. The lowest BCUT2D eigenvalue weighted by Gasteiger charge is -2.24. The fourth-order valence-electron chi connectivity index (χ4n) is 3.82. The summed E-state index contributed by atoms with van der Waals surface area (Å²) in [6.07, 6.45) is 0. The molecule has 39 heavy (non-hydrogen) atoms. The summed E-state index contributed by atoms with van der Waals surface area (Å²) < 4.78 is 49.9. The van der Waals surface area contributed by atoms with Gasteiger partial charge in [0.25, 0.3) is 10.0 Å². The van der Waals surface area contributed by atoms with Crippen molar-refractivity contribution < 1.29 is 37.0 Å². The minimum atomic E-state index is -4.22. The zero-order valence-electron chi connectivity index (χ0n) is 21.6. The van der Waals surface area contributed by atoms with Gasteiger partial charge in [-0.2, -0.15) is 0 Å². The van der Waals surface area contributed by atoms with E-state index in [-0.39, 0.29) is 16.3 Å². The molecule has 1 heterocycles. The highest BCUT2D eigenvalue weighted by atomic mass is 32.2. The third kappa shape index (κ3) is 5.91. The molecule has 0 saturated heterocycles. The zero-order chi connectivity index (χ0) is 28.2. The molecule has 0 radical (unpaired) electrons. The molecule has 0 aliphatic carbocycles. The third-order valence-electron chi connectivity index (χ3n) is 5.78. The van der Waals surface area contributed by atoms with E-state index < -0.39 is 28.4 Å². The SMILES string of the molecule is COC(=O)c1cc2cc(NC(=O)CN(c3ccc(OC)cc3)S(=O)(=O)c3ccc(OC)c(OC)c3)ccc2s1. The zero-order valence-corrected chi connectivity index (χ0v) is 23.2. The van der Waals surface area contributed by atoms with Gasteiger partial charge >= 0.3 is 5.97 Å². The summed E-state index contributed by atoms with van der Waals surface area (Å²) in [6, 6.07) is 17.3. The number of rotatable bonds is 10. The van der Waals surface area contributed by atoms with Gasteiger partial charge in [-0.05, 0) is 66.0 Å². The topological polar surface area (TPSA) is 120 Å². The summed E-state index contributed by atoms with van der Waals surface area (Å²) >= 11 is 1.27. The molecule has 1 N–H and O–H groups in total. The maximum absolute atomic E-state index is 13.8. The minimum Gasteiger partial charge on any atom is -0.497 e. The van der Waals surface area contributed by atoms with Crippen LogP contribution in [0.5, 0.6) is 17.2 Å². The van der Waals surface area contributed by atoms with Crippen LogP contribution in [-0.2, 0) is 19.6 Å². The second kappa shape index (κ2) is 11.6. The standard InChI is InChI=1S/C27H26N2O8S2/c1-34-20-8-6-19(7-9-20)29(39(32,33)21-10-11-22(35-2)23(15-21)36-3)16-26(30)28-18-5-12-24-17(13-18)14-25(38-24)27(31)37-4/h5-15H,16H2,1-4H3,(H,28,30). The Morgan fingerprint density at radius 2 is 1.56 bits per heavy atom. The van der Waals surface area contributed by atoms with E-state index in [9.17, 15) is 18.0 Å². The number of sulfonamides is 1. The van der Waals surface area contributed by atoms with Crippen molar-refractivity contribution in [1.82, 2.24) is 0 Å². The smallest absolute Gasteiger partial charge is 0.348 e. The van der Waals surface area contributed by atoms with Crippen molar-refractivity contribution in [2.75, 3.05) is 44.6 Å². The molecule has 1 amide bonds. The van der Waals surface area contributed by atoms with Crippen LogP contribution in [-0.4, -0.2) is 55.3 Å². The molecule has 0 unspecified atom stereocenters. The predicted molar refractivity (Wildman–Crippen MR) is 149 cm³/mol. The van der Waals surface area contributed by atoms with Gasteiger partial charge in [0.15, 0.2) is 11.5 Å². The Balaban J connectivity index is 1.65. The average molecular weight is 571 g/mol. The van der Waals surface area contributed by atoms with Crippen molar-refractivity contribution in [2.45, 2.75) is 4.90 Å². The van der Waals surface area contributed by atoms with E-state index in [4.69, 9.17) is 18.9 Å². The minimum absolute atomic E-state index is 0.0844. The first kappa shape index (κ1) is 27.7. The van der Waals surface area contributed by atoms with Crippen LogP contribution >= 0.6 is 11.3 Å². The third-order valence-corrected chi connectivity index (χ3v) is 8.64. The number of fused-ring (bicyclic) bond motifs is 1. The Bertz CT molecular complexity index is 1610. The van der Waals surface area contributed by atoms with Crippen LogP contribution in [0.1, 0.15) is 9.67 Å². The van der Waals surface area contributed by atoms with Crippen molar-refractivity contribution in [3.8, 4) is 17.2 Å². The molecule has 12 heteroatoms. The van der Waals surface area contributed by atoms with Gasteiger partial charge in [0, 0.05) is 16.5 Å². The largest absolute Gasteiger partial charge is 0.497 e. The number of carbonyl (C=O) groups excluding carboxylic acids is 2. The van der Waals surface area contributed by atoms with Crippen molar-refractivity contribution >= 4 is 54.7 Å². The second-order valence-corrected chi connectivity index (χ2v) is 11.1. The number of carbonyl (C=O) groups is 2. The van der Waals surface area contributed by atoms with Gasteiger partial charge in [-0.3, -0.25) is 9.10 Å². The first-order valence-corrected chi connectivity index (χ1v) is 13.8. The molecule has 0 bridgehead atoms. The molecule has 4 aromatic rings. The van der Waals surface area contributed by atoms with Gasteiger partial charge < -0.3 is 24.3 Å². The molecule has 0 fully saturated rings. The van der Waals surface area contributed by atoms with Gasteiger partial charge in [-0.25, -0.2) is 13.2 Å². The predicted octanol–water partition coefficient (Wildman–Crippen LogP) is 4.55. The number of amides is 1. The van der Waals surface area contributed by atoms with Gasteiger partial charge in [0.2, 0.25) is 5.91 Å². The van der Waals surface area contributed by atoms with E-state index >= 15 is 0 Å². The monoisotopic (exact) mass is 570 g/mol. The summed E-state index contributed by atoms with van der Waals surface area (Å²) in [7, 11) is 1.44. The first-order valence-electron chi connectivity index (χ1n) is 11.5. The van der Waals surface area contributed by atoms with Gasteiger partial charge in [-0.15, -0.1) is 11.3 Å². The number of nitrogens with one attached hydrogen (secondary N) is 1. The molecule has 0 atom stereocenters. The lowest BCUT2D eigenvalue weighted by Crippen LogP contribution is -2.38. The van der Waals surface area contributed by atoms with E-state index in [0.29, 0.717) is 22.1 Å². The first-order chi connectivity index (χ1) is 18.7. The molecule has 204 valence electrons. The number of thiophene rings is 1. The van der Waals surface area contributed by atoms with Gasteiger partial charge in [-0.1, -0.05) is 0 Å². The molecule has 0 aliphatic heterocycles. The van der Waals surface area contributed by atoms with E-state index in [1.807, 2.05) is 0 Å². The molecule has 0 saturated carbocycles. The van der Waals surface area contributed by atoms with E-state index in [2.05, 4.69) is 5.32 Å². The molecular formula is C27H26N2O8S2. The van der Waals surface area contributed by atoms with Crippen molar-refractivity contribution in [1.29, 1.82) is 0 Å². The normalized spacial score (nSPS) is 11.1. The summed E-state index contributed by atoms with van der Waals surface area (Å²) in [4.78, 5) is 25.4. The Morgan fingerprint density at radius 3 is 2.21 bits per heavy atom. The van der Waals surface area contributed by atoms with Crippen LogP contribution in [0.15, 0.2) is 71.6 Å². The lowest BCUT2D eigenvalue weighted by molar-refractivity contribution is -0.114. The summed E-state index contributed by atoms with van der Waals surface area (Å²) in [6.45, 7) is -0.516. The molecule has 4 rings (SSSR count). The molecule has 3 aromatic carbocycles. The van der Waals surface area contributed by atoms with Crippen molar-refractivity contribution in [3.63, 3.8) is 0 Å². The van der Waals surface area contributed by atoms with E-state index in [1.54, 1.807) is 48.5 Å². The van der Waals surface area contributed by atoms with E-state index in [1.165, 1.54) is 58.0 Å². The van der Waals surface area contributed by atoms with Crippen LogP contribution in [0.25, 0.3) is 10.1 Å². The fourth-order valence-corrected chi connectivity index (χ4v) is 6.22. The van der Waals surface area contributed by atoms with Gasteiger partial charge in [0.05, 0.1) is 39.0 Å². The maximum Gasteiger partial charge on any atom is 0.348 e. The Kier molecular flexibility index (Phi) is 8.27. The molecule has 0 aliphatic rings. The van der Waals surface area contributed by atoms with Crippen LogP contribution in [0, 0.1) is 0 Å². The number of anilines is 2. The lowest BCUT2D eigenvalue weighted by atomic mass is 10.2. The molecule has 0 spiro atoms. The summed E-state index contributed by atoms with van der Waals surface area (Å²) in [5.41, 5.74) is 0.705. The van der Waals surface area contributed by atoms with Crippen LogP contribution in [0.4, 0.5) is 11.4 Å². The van der Waals surface area contributed by atoms with Crippen molar-refractivity contribution in [3.05, 3.63) is 71.6 Å². The van der Waals surface area contributed by atoms with Crippen molar-refractivity contribution in [2.24, 2.45) is 0 Å². The van der Waals surface area contributed by atoms with Crippen LogP contribution in [0.2, 0.25) is 0 Å². The van der Waals surface area contributed by atoms with Crippen LogP contribution in [0.3, 0.4) is 0 Å². The number of hydrogen-bond acceptors (Lipinski definition) is 9. The number of benzene rings is 3. The highest BCUT2D eigenvalue weighted by Crippen LogP contribution is 2.33. The number of esters is 1. The Hall–Kier alpha value is -4.29. The molecule has 10 nitrogen and oxygen atoms in total.